The van der Waals surface area contributed by atoms with Gasteiger partial charge in [0.2, 0.25) is 0 Å². The van der Waals surface area contributed by atoms with Crippen LogP contribution in [0.25, 0.3) is 10.9 Å². The summed E-state index contributed by atoms with van der Waals surface area (Å²) in [6.45, 7) is 5.10. The summed E-state index contributed by atoms with van der Waals surface area (Å²) in [5, 5.41) is 3.08. The Morgan fingerprint density at radius 2 is 1.95 bits per heavy atom. The third-order valence-electron chi connectivity index (χ3n) is 5.79. The number of benzene rings is 2. The second-order valence-electron chi connectivity index (χ2n) is 8.16. The number of piperazine rings is 1. The van der Waals surface area contributed by atoms with Crippen LogP contribution in [0.4, 0.5) is 25.1 Å². The fourth-order valence-corrected chi connectivity index (χ4v) is 4.20. The minimum absolute atomic E-state index is 0.0287. The zero-order valence-corrected chi connectivity index (χ0v) is 21.2. The number of carbonyl (C=O) groups is 2. The second-order valence-corrected chi connectivity index (χ2v) is 8.94. The molecule has 37 heavy (non-hydrogen) atoms. The van der Waals surface area contributed by atoms with Crippen LogP contribution in [0, 0.1) is 5.82 Å². The molecular weight excluding hydrogens is 531 g/mol. The number of fused-ring (bicyclic) bond motifs is 1. The molecule has 2 amide bonds. The number of hydrogen-bond acceptors (Lipinski definition) is 7. The maximum atomic E-state index is 14.6. The number of nitrogens with zero attached hydrogens (tertiary/aromatic N) is 4. The lowest BCUT2D eigenvalue weighted by molar-refractivity contribution is -0.131. The fraction of sp³-hybridized carbons (Fsp3) is 0.250. The first kappa shape index (κ1) is 26.4. The highest BCUT2D eigenvalue weighted by molar-refractivity contribution is 6.42. The predicted octanol–water partition coefficient (Wildman–Crippen LogP) is 5.34. The van der Waals surface area contributed by atoms with Crippen LogP contribution in [-0.4, -0.2) is 64.6 Å². The van der Waals surface area contributed by atoms with Gasteiger partial charge in [-0.05, 0) is 25.1 Å². The smallest absolute Gasteiger partial charge is 0.415 e. The van der Waals surface area contributed by atoms with Gasteiger partial charge in [-0.25, -0.2) is 23.5 Å². The van der Waals surface area contributed by atoms with Crippen LogP contribution in [0.15, 0.2) is 43.0 Å². The molecule has 0 unspecified atom stereocenters. The molecular formula is C24H21Cl2F2N5O4. The SMILES string of the molecule is C=C(F)C(=O)N1CCN(C(=O)Oc2cc3c(Nc4ccc(Cl)c(Cl)c4F)ncnc3cc2OC)[C@H](C)C1. The Kier molecular flexibility index (Phi) is 7.65. The van der Waals surface area contributed by atoms with Gasteiger partial charge in [-0.15, -0.1) is 0 Å². The molecule has 2 heterocycles. The number of hydrogen-bond donors (Lipinski definition) is 1. The fourth-order valence-electron chi connectivity index (χ4n) is 3.89. The van der Waals surface area contributed by atoms with Crippen molar-refractivity contribution >= 4 is 57.6 Å². The molecule has 1 N–H and O–H groups in total. The third-order valence-corrected chi connectivity index (χ3v) is 6.57. The summed E-state index contributed by atoms with van der Waals surface area (Å²) < 4.78 is 38.9. The van der Waals surface area contributed by atoms with Gasteiger partial charge in [0.1, 0.15) is 12.1 Å². The van der Waals surface area contributed by atoms with Crippen molar-refractivity contribution in [2.75, 3.05) is 32.1 Å². The van der Waals surface area contributed by atoms with E-state index in [2.05, 4.69) is 21.9 Å². The van der Waals surface area contributed by atoms with E-state index in [0.29, 0.717) is 10.9 Å². The largest absolute Gasteiger partial charge is 0.493 e. The Morgan fingerprint density at radius 1 is 1.19 bits per heavy atom. The maximum Gasteiger partial charge on any atom is 0.415 e. The molecule has 1 fully saturated rings. The van der Waals surface area contributed by atoms with Gasteiger partial charge < -0.3 is 24.6 Å². The van der Waals surface area contributed by atoms with E-state index in [1.807, 2.05) is 0 Å². The molecule has 1 atom stereocenters. The van der Waals surface area contributed by atoms with Crippen molar-refractivity contribution in [3.63, 3.8) is 0 Å². The first-order valence-corrected chi connectivity index (χ1v) is 11.7. The lowest BCUT2D eigenvalue weighted by atomic mass is 10.2. The van der Waals surface area contributed by atoms with Crippen molar-refractivity contribution in [1.82, 2.24) is 19.8 Å². The minimum Gasteiger partial charge on any atom is -0.493 e. The summed E-state index contributed by atoms with van der Waals surface area (Å²) in [5.41, 5.74) is 0.461. The molecule has 0 spiro atoms. The van der Waals surface area contributed by atoms with E-state index in [-0.39, 0.29) is 52.7 Å². The molecule has 0 aliphatic carbocycles. The molecule has 194 valence electrons. The summed E-state index contributed by atoms with van der Waals surface area (Å²) in [5.74, 6) is -2.12. The lowest BCUT2D eigenvalue weighted by Crippen LogP contribution is -2.56. The number of rotatable bonds is 5. The minimum atomic E-state index is -1.06. The van der Waals surface area contributed by atoms with Crippen LogP contribution in [-0.2, 0) is 4.79 Å². The number of aromatic nitrogens is 2. The Labute approximate surface area is 220 Å². The Balaban J connectivity index is 1.61. The molecule has 13 heteroatoms. The Morgan fingerprint density at radius 3 is 2.62 bits per heavy atom. The highest BCUT2D eigenvalue weighted by atomic mass is 35.5. The van der Waals surface area contributed by atoms with Gasteiger partial charge in [0.25, 0.3) is 5.91 Å². The molecule has 9 nitrogen and oxygen atoms in total. The summed E-state index contributed by atoms with van der Waals surface area (Å²) in [7, 11) is 1.40. The van der Waals surface area contributed by atoms with Crippen molar-refractivity contribution in [2.24, 2.45) is 0 Å². The van der Waals surface area contributed by atoms with E-state index >= 15 is 0 Å². The monoisotopic (exact) mass is 551 g/mol. The van der Waals surface area contributed by atoms with E-state index in [4.69, 9.17) is 32.7 Å². The third kappa shape index (κ3) is 5.37. The summed E-state index contributed by atoms with van der Waals surface area (Å²) in [6.07, 6.45) is 0.581. The molecule has 0 saturated carbocycles. The van der Waals surface area contributed by atoms with E-state index in [1.165, 1.54) is 41.4 Å². The van der Waals surface area contributed by atoms with Gasteiger partial charge >= 0.3 is 6.09 Å². The van der Waals surface area contributed by atoms with Crippen LogP contribution >= 0.6 is 23.2 Å². The topological polar surface area (TPSA) is 96.9 Å². The number of nitrogens with one attached hydrogen (secondary N) is 1. The molecule has 1 aromatic heterocycles. The first-order chi connectivity index (χ1) is 17.6. The second kappa shape index (κ2) is 10.7. The maximum absolute atomic E-state index is 14.6. The summed E-state index contributed by atoms with van der Waals surface area (Å²) in [6, 6.07) is 5.43. The number of methoxy groups -OCH3 is 1. The van der Waals surface area contributed by atoms with Crippen LogP contribution in [0.3, 0.4) is 0 Å². The molecule has 2 aromatic carbocycles. The predicted molar refractivity (Wildman–Crippen MR) is 135 cm³/mol. The van der Waals surface area contributed by atoms with Gasteiger partial charge in [0, 0.05) is 37.1 Å². The molecule has 1 saturated heterocycles. The van der Waals surface area contributed by atoms with E-state index in [9.17, 15) is 18.4 Å². The van der Waals surface area contributed by atoms with Crippen LogP contribution in [0.2, 0.25) is 10.0 Å². The van der Waals surface area contributed by atoms with Gasteiger partial charge in [0.05, 0.1) is 28.4 Å². The van der Waals surface area contributed by atoms with Crippen molar-refractivity contribution in [3.05, 3.63) is 58.9 Å². The van der Waals surface area contributed by atoms with Gasteiger partial charge in [-0.1, -0.05) is 29.8 Å². The zero-order valence-electron chi connectivity index (χ0n) is 19.7. The van der Waals surface area contributed by atoms with Crippen molar-refractivity contribution in [2.45, 2.75) is 13.0 Å². The van der Waals surface area contributed by atoms with Gasteiger partial charge in [0.15, 0.2) is 23.1 Å². The standard InChI is InChI=1S/C24H21Cl2F2N5O4/c1-12-10-32(23(34)13(2)27)6-7-33(12)24(35)37-19-8-14-17(9-18(19)36-3)29-11-30-22(14)31-16-5-4-15(25)20(26)21(16)28/h4-5,8-9,11-12H,2,6-7,10H2,1,3H3,(H,29,30,31)/t12-/m1/s1. The average Bonchev–Trinajstić information content (AvgIpc) is 2.88. The van der Waals surface area contributed by atoms with Crippen molar-refractivity contribution in [1.29, 1.82) is 0 Å². The molecule has 0 bridgehead atoms. The van der Waals surface area contributed by atoms with Gasteiger partial charge in [-0.2, -0.15) is 0 Å². The van der Waals surface area contributed by atoms with Crippen LogP contribution < -0.4 is 14.8 Å². The van der Waals surface area contributed by atoms with Gasteiger partial charge in [-0.3, -0.25) is 4.79 Å². The average molecular weight is 552 g/mol. The Bertz CT molecular complexity index is 1410. The highest BCUT2D eigenvalue weighted by Crippen LogP contribution is 2.37. The molecule has 0 radical (unpaired) electrons. The normalized spacial score (nSPS) is 15.5. The Hall–Kier alpha value is -3.70. The summed E-state index contributed by atoms with van der Waals surface area (Å²) >= 11 is 11.8. The van der Waals surface area contributed by atoms with Crippen LogP contribution in [0.1, 0.15) is 6.92 Å². The molecule has 4 rings (SSSR count). The quantitative estimate of drug-likeness (QED) is 0.337. The molecule has 1 aliphatic heterocycles. The highest BCUT2D eigenvalue weighted by Gasteiger charge is 2.32. The molecule has 1 aliphatic rings. The van der Waals surface area contributed by atoms with E-state index in [0.717, 1.165) is 0 Å². The summed E-state index contributed by atoms with van der Waals surface area (Å²) in [4.78, 5) is 36.0. The van der Waals surface area contributed by atoms with Crippen molar-refractivity contribution < 1.29 is 27.8 Å². The molecule has 3 aromatic rings. The first-order valence-electron chi connectivity index (χ1n) is 11.0. The number of carbonyl (C=O) groups excluding carboxylic acids is 2. The van der Waals surface area contributed by atoms with E-state index in [1.54, 1.807) is 13.0 Å². The lowest BCUT2D eigenvalue weighted by Gasteiger charge is -2.38. The number of halogens is 4. The van der Waals surface area contributed by atoms with Crippen molar-refractivity contribution in [3.8, 4) is 11.5 Å². The van der Waals surface area contributed by atoms with E-state index < -0.39 is 29.7 Å². The number of ether oxygens (including phenoxy) is 2. The number of anilines is 2. The zero-order chi connectivity index (χ0) is 26.9. The number of amides is 2. The van der Waals surface area contributed by atoms with Crippen LogP contribution in [0.5, 0.6) is 11.5 Å².